The molecule has 0 aliphatic heterocycles. The molecule has 0 aromatic carbocycles. The predicted octanol–water partition coefficient (Wildman–Crippen LogP) is 2.71. The summed E-state index contributed by atoms with van der Waals surface area (Å²) in [6.45, 7) is -1.74. The number of halogens is 3. The smallest absolute Gasteiger partial charge is 0.364 e. The molecule has 0 saturated heterocycles. The minimum absolute atomic E-state index is 0.217. The second kappa shape index (κ2) is 5.49. The van der Waals surface area contributed by atoms with Gasteiger partial charge in [0.25, 0.3) is 0 Å². The number of rotatable bonds is 5. The van der Waals surface area contributed by atoms with Crippen LogP contribution in [0.5, 0.6) is 0 Å². The van der Waals surface area contributed by atoms with Gasteiger partial charge in [0.2, 0.25) is 0 Å². The van der Waals surface area contributed by atoms with Gasteiger partial charge in [0.05, 0.1) is 0 Å². The highest BCUT2D eigenvalue weighted by atomic mass is 19.4. The average Bonchev–Trinajstić information content (AvgIpc) is 2.54. The summed E-state index contributed by atoms with van der Waals surface area (Å²) in [4.78, 5) is 11.2. The number of alkyl halides is 3. The van der Waals surface area contributed by atoms with Crippen molar-refractivity contribution in [1.82, 2.24) is 0 Å². The molecule has 0 radical (unpaired) electrons. The van der Waals surface area contributed by atoms with Crippen LogP contribution >= 0.6 is 0 Å². The van der Waals surface area contributed by atoms with Gasteiger partial charge in [-0.05, 0) is 5.92 Å². The molecule has 1 saturated carbocycles. The van der Waals surface area contributed by atoms with E-state index >= 15 is 0 Å². The Morgan fingerprint density at radius 1 is 1.27 bits per heavy atom. The summed E-state index contributed by atoms with van der Waals surface area (Å²) in [7, 11) is 0. The van der Waals surface area contributed by atoms with E-state index in [1.54, 1.807) is 0 Å². The van der Waals surface area contributed by atoms with Crippen LogP contribution in [0.4, 0.5) is 13.2 Å². The van der Waals surface area contributed by atoms with Crippen LogP contribution in [0.2, 0.25) is 0 Å². The Hall–Kier alpha value is -0.580. The maximum absolute atomic E-state index is 11.7. The van der Waals surface area contributed by atoms with E-state index in [2.05, 4.69) is 4.74 Å². The molecule has 5 heteroatoms. The Morgan fingerprint density at radius 3 is 2.40 bits per heavy atom. The number of hydrogen-bond donors (Lipinski definition) is 0. The first-order valence-corrected chi connectivity index (χ1v) is 5.13. The lowest BCUT2D eigenvalue weighted by molar-refractivity contribution is -0.175. The highest BCUT2D eigenvalue weighted by molar-refractivity contribution is 5.79. The zero-order valence-corrected chi connectivity index (χ0v) is 8.48. The van der Waals surface area contributed by atoms with Crippen LogP contribution in [0, 0.1) is 5.92 Å². The van der Waals surface area contributed by atoms with Crippen molar-refractivity contribution in [2.75, 3.05) is 13.2 Å². The summed E-state index contributed by atoms with van der Waals surface area (Å²) in [5.41, 5.74) is 0. The first-order chi connectivity index (χ1) is 6.97. The number of carbonyl (C=O) groups excluding carboxylic acids is 1. The number of ether oxygens (including phenoxy) is 1. The minimum atomic E-state index is -4.34. The zero-order chi connectivity index (χ0) is 11.3. The van der Waals surface area contributed by atoms with Crippen molar-refractivity contribution in [1.29, 1.82) is 0 Å². The third-order valence-corrected chi connectivity index (χ3v) is 2.52. The van der Waals surface area contributed by atoms with Gasteiger partial charge in [-0.1, -0.05) is 25.7 Å². The van der Waals surface area contributed by atoms with Crippen molar-refractivity contribution in [3.05, 3.63) is 0 Å². The molecule has 0 N–H and O–H groups in total. The Labute approximate surface area is 86.8 Å². The summed E-state index contributed by atoms with van der Waals surface area (Å²) < 4.78 is 39.3. The van der Waals surface area contributed by atoms with Gasteiger partial charge in [-0.15, -0.1) is 0 Å². The van der Waals surface area contributed by atoms with Crippen LogP contribution in [-0.4, -0.2) is 25.2 Å². The SMILES string of the molecule is O=C(COCC(F)(F)F)CC1CCCC1. The highest BCUT2D eigenvalue weighted by Crippen LogP contribution is 2.27. The maximum Gasteiger partial charge on any atom is 0.411 e. The van der Waals surface area contributed by atoms with Crippen LogP contribution in [0.15, 0.2) is 0 Å². The molecule has 1 rings (SSSR count). The Morgan fingerprint density at radius 2 is 1.87 bits per heavy atom. The monoisotopic (exact) mass is 224 g/mol. The molecule has 15 heavy (non-hydrogen) atoms. The molecule has 88 valence electrons. The molecule has 0 spiro atoms. The molecule has 0 amide bonds. The first kappa shape index (κ1) is 12.5. The van der Waals surface area contributed by atoms with Crippen molar-refractivity contribution < 1.29 is 22.7 Å². The van der Waals surface area contributed by atoms with Crippen LogP contribution < -0.4 is 0 Å². The summed E-state index contributed by atoms with van der Waals surface area (Å²) in [6.07, 6.45) is 0.324. The predicted molar refractivity (Wildman–Crippen MR) is 48.5 cm³/mol. The van der Waals surface area contributed by atoms with E-state index in [-0.39, 0.29) is 5.78 Å². The van der Waals surface area contributed by atoms with Gasteiger partial charge in [0.15, 0.2) is 5.78 Å². The van der Waals surface area contributed by atoms with Gasteiger partial charge in [-0.2, -0.15) is 13.2 Å². The second-order valence-corrected chi connectivity index (χ2v) is 4.00. The number of ketones is 1. The second-order valence-electron chi connectivity index (χ2n) is 4.00. The number of carbonyl (C=O) groups is 1. The zero-order valence-electron chi connectivity index (χ0n) is 8.48. The third kappa shape index (κ3) is 5.77. The van der Waals surface area contributed by atoms with Gasteiger partial charge in [0, 0.05) is 6.42 Å². The van der Waals surface area contributed by atoms with Gasteiger partial charge in [0.1, 0.15) is 13.2 Å². The van der Waals surface area contributed by atoms with Crippen molar-refractivity contribution in [3.63, 3.8) is 0 Å². The topological polar surface area (TPSA) is 26.3 Å². The summed E-state index contributed by atoms with van der Waals surface area (Å²) in [6, 6.07) is 0. The van der Waals surface area contributed by atoms with Crippen LogP contribution in [-0.2, 0) is 9.53 Å². The van der Waals surface area contributed by atoms with Gasteiger partial charge >= 0.3 is 6.18 Å². The van der Waals surface area contributed by atoms with Gasteiger partial charge in [-0.25, -0.2) is 0 Å². The fourth-order valence-corrected chi connectivity index (χ4v) is 1.88. The normalized spacial score (nSPS) is 18.3. The molecule has 0 bridgehead atoms. The van der Waals surface area contributed by atoms with Gasteiger partial charge in [-0.3, -0.25) is 4.79 Å². The van der Waals surface area contributed by atoms with Crippen molar-refractivity contribution in [2.24, 2.45) is 5.92 Å². The molecule has 0 aromatic heterocycles. The van der Waals surface area contributed by atoms with E-state index in [0.717, 1.165) is 25.7 Å². The van der Waals surface area contributed by atoms with Crippen molar-refractivity contribution in [2.45, 2.75) is 38.3 Å². The molecule has 1 aliphatic carbocycles. The Bertz CT molecular complexity index is 207. The highest BCUT2D eigenvalue weighted by Gasteiger charge is 2.28. The lowest BCUT2D eigenvalue weighted by Gasteiger charge is -2.09. The van der Waals surface area contributed by atoms with Gasteiger partial charge < -0.3 is 4.74 Å². The largest absolute Gasteiger partial charge is 0.411 e. The van der Waals surface area contributed by atoms with E-state index < -0.39 is 19.4 Å². The molecule has 1 fully saturated rings. The molecule has 1 aliphatic rings. The van der Waals surface area contributed by atoms with E-state index in [0.29, 0.717) is 12.3 Å². The average molecular weight is 224 g/mol. The standard InChI is InChI=1S/C10H15F3O2/c11-10(12,13)7-15-6-9(14)5-8-3-1-2-4-8/h8H,1-7H2. The first-order valence-electron chi connectivity index (χ1n) is 5.13. The molecule has 0 atom stereocenters. The van der Waals surface area contributed by atoms with E-state index in [9.17, 15) is 18.0 Å². The fraction of sp³-hybridized carbons (Fsp3) is 0.900. The van der Waals surface area contributed by atoms with E-state index in [1.165, 1.54) is 0 Å². The van der Waals surface area contributed by atoms with Crippen LogP contribution in [0.25, 0.3) is 0 Å². The molecular formula is C10H15F3O2. The quantitative estimate of drug-likeness (QED) is 0.717. The lowest BCUT2D eigenvalue weighted by Crippen LogP contribution is -2.21. The molecular weight excluding hydrogens is 209 g/mol. The minimum Gasteiger partial charge on any atom is -0.364 e. The Balaban J connectivity index is 2.08. The summed E-state index contributed by atoms with van der Waals surface area (Å²) in [5, 5.41) is 0. The summed E-state index contributed by atoms with van der Waals surface area (Å²) in [5.74, 6) is 0.151. The van der Waals surface area contributed by atoms with Crippen LogP contribution in [0.1, 0.15) is 32.1 Å². The van der Waals surface area contributed by atoms with Crippen LogP contribution in [0.3, 0.4) is 0 Å². The van der Waals surface area contributed by atoms with E-state index in [1.807, 2.05) is 0 Å². The third-order valence-electron chi connectivity index (χ3n) is 2.52. The van der Waals surface area contributed by atoms with Crippen molar-refractivity contribution >= 4 is 5.78 Å². The van der Waals surface area contributed by atoms with Crippen molar-refractivity contribution in [3.8, 4) is 0 Å². The molecule has 2 nitrogen and oxygen atoms in total. The van der Waals surface area contributed by atoms with E-state index in [4.69, 9.17) is 0 Å². The summed E-state index contributed by atoms with van der Waals surface area (Å²) >= 11 is 0. The maximum atomic E-state index is 11.7. The fourth-order valence-electron chi connectivity index (χ4n) is 1.88. The number of Topliss-reactive ketones (excluding diaryl/α,β-unsaturated/α-hetero) is 1. The molecule has 0 heterocycles. The Kier molecular flexibility index (Phi) is 4.57. The number of hydrogen-bond acceptors (Lipinski definition) is 2. The molecule has 0 unspecified atom stereocenters. The lowest BCUT2D eigenvalue weighted by atomic mass is 10.0. The molecule has 0 aromatic rings.